The van der Waals surface area contributed by atoms with Gasteiger partial charge in [-0.3, -0.25) is 0 Å². The van der Waals surface area contributed by atoms with E-state index in [2.05, 4.69) is 10.6 Å². The summed E-state index contributed by atoms with van der Waals surface area (Å²) < 4.78 is 0. The molecule has 126 valence electrons. The average molecular weight is 344 g/mol. The van der Waals surface area contributed by atoms with E-state index in [9.17, 15) is 9.59 Å². The number of thioether (sulfide) groups is 1. The second kappa shape index (κ2) is 8.98. The highest BCUT2D eigenvalue weighted by atomic mass is 32.2. The van der Waals surface area contributed by atoms with Crippen LogP contribution in [0.4, 0.5) is 10.5 Å². The molecule has 0 bridgehead atoms. The third-order valence-corrected chi connectivity index (χ3v) is 4.11. The van der Waals surface area contributed by atoms with E-state index in [4.69, 9.17) is 5.11 Å². The van der Waals surface area contributed by atoms with Gasteiger partial charge >= 0.3 is 12.0 Å². The van der Waals surface area contributed by atoms with Crippen LogP contribution in [-0.4, -0.2) is 35.2 Å². The van der Waals surface area contributed by atoms with E-state index in [1.807, 2.05) is 48.7 Å². The molecule has 0 spiro atoms. The third kappa shape index (κ3) is 5.31. The van der Waals surface area contributed by atoms with Gasteiger partial charge in [-0.1, -0.05) is 42.5 Å². The first-order valence-corrected chi connectivity index (χ1v) is 8.94. The van der Waals surface area contributed by atoms with Crippen molar-refractivity contribution in [3.05, 3.63) is 54.6 Å². The van der Waals surface area contributed by atoms with Crippen LogP contribution in [0.25, 0.3) is 11.1 Å². The zero-order chi connectivity index (χ0) is 17.4. The highest BCUT2D eigenvalue weighted by Gasteiger charge is 2.19. The average Bonchev–Trinajstić information content (AvgIpc) is 2.59. The topological polar surface area (TPSA) is 78.4 Å². The highest BCUT2D eigenvalue weighted by molar-refractivity contribution is 7.98. The lowest BCUT2D eigenvalue weighted by Crippen LogP contribution is -2.43. The minimum atomic E-state index is -1.03. The fourth-order valence-corrected chi connectivity index (χ4v) is 2.67. The number of anilines is 1. The van der Waals surface area contributed by atoms with Crippen LogP contribution in [0, 0.1) is 0 Å². The molecule has 5 nitrogen and oxygen atoms in total. The Kier molecular flexibility index (Phi) is 6.69. The molecule has 0 aliphatic rings. The van der Waals surface area contributed by atoms with Crippen molar-refractivity contribution in [2.75, 3.05) is 17.3 Å². The van der Waals surface area contributed by atoms with E-state index in [1.54, 1.807) is 23.9 Å². The summed E-state index contributed by atoms with van der Waals surface area (Å²) in [4.78, 5) is 23.1. The molecule has 6 heteroatoms. The van der Waals surface area contributed by atoms with Gasteiger partial charge in [0, 0.05) is 5.69 Å². The Labute approximate surface area is 145 Å². The maximum atomic E-state index is 12.0. The number of urea groups is 1. The molecule has 2 aromatic rings. The zero-order valence-corrected chi connectivity index (χ0v) is 14.2. The number of carboxylic acid groups (broad SMARTS) is 1. The Hall–Kier alpha value is -2.47. The summed E-state index contributed by atoms with van der Waals surface area (Å²) >= 11 is 1.54. The maximum absolute atomic E-state index is 12.0. The fraction of sp³-hybridized carbons (Fsp3) is 0.222. The number of carbonyl (C=O) groups excluding carboxylic acids is 1. The minimum absolute atomic E-state index is 0.386. The Morgan fingerprint density at radius 2 is 1.67 bits per heavy atom. The second-order valence-electron chi connectivity index (χ2n) is 5.21. The molecule has 0 radical (unpaired) electrons. The lowest BCUT2D eigenvalue weighted by molar-refractivity contribution is -0.139. The standard InChI is InChI=1S/C18H20N2O3S/c1-24-12-11-16(17(21)22)20-18(23)19-15-9-7-14(8-10-15)13-5-3-2-4-6-13/h2-10,16H,11-12H2,1H3,(H,21,22)(H2,19,20,23). The number of nitrogens with one attached hydrogen (secondary N) is 2. The molecule has 0 aromatic heterocycles. The molecule has 1 unspecified atom stereocenters. The van der Waals surface area contributed by atoms with E-state index in [0.717, 1.165) is 11.1 Å². The van der Waals surface area contributed by atoms with Gasteiger partial charge in [0.2, 0.25) is 0 Å². The Morgan fingerprint density at radius 3 is 2.25 bits per heavy atom. The van der Waals surface area contributed by atoms with Crippen LogP contribution < -0.4 is 10.6 Å². The molecule has 0 saturated carbocycles. The van der Waals surface area contributed by atoms with Gasteiger partial charge in [-0.25, -0.2) is 9.59 Å². The second-order valence-corrected chi connectivity index (χ2v) is 6.20. The van der Waals surface area contributed by atoms with Crippen molar-refractivity contribution in [2.24, 2.45) is 0 Å². The molecule has 0 saturated heterocycles. The summed E-state index contributed by atoms with van der Waals surface area (Å²) in [5.74, 6) is -0.359. The number of aliphatic carboxylic acids is 1. The smallest absolute Gasteiger partial charge is 0.326 e. The molecule has 0 aliphatic carbocycles. The van der Waals surface area contributed by atoms with Crippen LogP contribution in [0.1, 0.15) is 6.42 Å². The Morgan fingerprint density at radius 1 is 1.04 bits per heavy atom. The first-order chi connectivity index (χ1) is 11.6. The van der Waals surface area contributed by atoms with Crippen molar-refractivity contribution in [1.82, 2.24) is 5.32 Å². The van der Waals surface area contributed by atoms with E-state index >= 15 is 0 Å². The van der Waals surface area contributed by atoms with Gasteiger partial charge in [-0.05, 0) is 41.7 Å². The Balaban J connectivity index is 1.95. The van der Waals surface area contributed by atoms with Gasteiger partial charge in [-0.15, -0.1) is 0 Å². The summed E-state index contributed by atoms with van der Waals surface area (Å²) in [6.45, 7) is 0. The van der Waals surface area contributed by atoms with Crippen LogP contribution in [0.5, 0.6) is 0 Å². The van der Waals surface area contributed by atoms with Crippen molar-refractivity contribution in [3.8, 4) is 11.1 Å². The SMILES string of the molecule is CSCCC(NC(=O)Nc1ccc(-c2ccccc2)cc1)C(=O)O. The number of carbonyl (C=O) groups is 2. The van der Waals surface area contributed by atoms with Crippen LogP contribution in [0.3, 0.4) is 0 Å². The minimum Gasteiger partial charge on any atom is -0.480 e. The number of hydrogen-bond donors (Lipinski definition) is 3. The lowest BCUT2D eigenvalue weighted by Gasteiger charge is -2.14. The van der Waals surface area contributed by atoms with E-state index < -0.39 is 18.0 Å². The van der Waals surface area contributed by atoms with Gasteiger partial charge in [0.25, 0.3) is 0 Å². The molecule has 0 heterocycles. The monoisotopic (exact) mass is 344 g/mol. The fourth-order valence-electron chi connectivity index (χ4n) is 2.20. The van der Waals surface area contributed by atoms with Crippen LogP contribution in [-0.2, 0) is 4.79 Å². The lowest BCUT2D eigenvalue weighted by atomic mass is 10.1. The molecule has 24 heavy (non-hydrogen) atoms. The van der Waals surface area contributed by atoms with Gasteiger partial charge in [0.05, 0.1) is 0 Å². The first kappa shape index (κ1) is 17.9. The van der Waals surface area contributed by atoms with Crippen LogP contribution in [0.2, 0.25) is 0 Å². The van der Waals surface area contributed by atoms with Crippen molar-refractivity contribution in [2.45, 2.75) is 12.5 Å². The molecular formula is C18H20N2O3S. The van der Waals surface area contributed by atoms with Crippen LogP contribution in [0.15, 0.2) is 54.6 Å². The van der Waals surface area contributed by atoms with Crippen LogP contribution >= 0.6 is 11.8 Å². The molecular weight excluding hydrogens is 324 g/mol. The Bertz CT molecular complexity index is 674. The number of hydrogen-bond acceptors (Lipinski definition) is 3. The number of benzene rings is 2. The quantitative estimate of drug-likeness (QED) is 0.716. The van der Waals surface area contributed by atoms with Gasteiger partial charge in [-0.2, -0.15) is 11.8 Å². The normalized spacial score (nSPS) is 11.5. The van der Waals surface area contributed by atoms with Crippen molar-refractivity contribution in [3.63, 3.8) is 0 Å². The van der Waals surface area contributed by atoms with Crippen molar-refractivity contribution >= 4 is 29.4 Å². The molecule has 0 fully saturated rings. The molecule has 1 atom stereocenters. The summed E-state index contributed by atoms with van der Waals surface area (Å²) in [6.07, 6.45) is 2.28. The van der Waals surface area contributed by atoms with Gasteiger partial charge in [0.15, 0.2) is 0 Å². The molecule has 2 amide bonds. The predicted molar refractivity (Wildman–Crippen MR) is 98.5 cm³/mol. The zero-order valence-electron chi connectivity index (χ0n) is 13.4. The maximum Gasteiger partial charge on any atom is 0.326 e. The number of amides is 2. The first-order valence-electron chi connectivity index (χ1n) is 7.55. The van der Waals surface area contributed by atoms with Crippen molar-refractivity contribution in [1.29, 1.82) is 0 Å². The molecule has 0 aliphatic heterocycles. The van der Waals surface area contributed by atoms with E-state index in [1.165, 1.54) is 0 Å². The van der Waals surface area contributed by atoms with Gasteiger partial charge in [0.1, 0.15) is 6.04 Å². The summed E-state index contributed by atoms with van der Waals surface area (Å²) in [5, 5.41) is 14.3. The number of rotatable bonds is 7. The summed E-state index contributed by atoms with van der Waals surface area (Å²) in [5.41, 5.74) is 2.75. The highest BCUT2D eigenvalue weighted by Crippen LogP contribution is 2.20. The van der Waals surface area contributed by atoms with E-state index in [-0.39, 0.29) is 0 Å². The summed E-state index contributed by atoms with van der Waals surface area (Å²) in [7, 11) is 0. The predicted octanol–water partition coefficient (Wildman–Crippen LogP) is 3.68. The third-order valence-electron chi connectivity index (χ3n) is 3.46. The number of carboxylic acids is 1. The molecule has 3 N–H and O–H groups in total. The molecule has 2 aromatic carbocycles. The van der Waals surface area contributed by atoms with Crippen molar-refractivity contribution < 1.29 is 14.7 Å². The molecule has 2 rings (SSSR count). The van der Waals surface area contributed by atoms with Gasteiger partial charge < -0.3 is 15.7 Å². The summed E-state index contributed by atoms with van der Waals surface area (Å²) in [6, 6.07) is 15.9. The van der Waals surface area contributed by atoms with E-state index in [0.29, 0.717) is 17.9 Å². The largest absolute Gasteiger partial charge is 0.480 e.